The predicted octanol–water partition coefficient (Wildman–Crippen LogP) is 1.53. The summed E-state index contributed by atoms with van der Waals surface area (Å²) in [6.07, 6.45) is 1.36. The molecule has 9 atom stereocenters. The van der Waals surface area contributed by atoms with Gasteiger partial charge in [-0.15, -0.1) is 5.10 Å². The van der Waals surface area contributed by atoms with Crippen molar-refractivity contribution in [3.8, 4) is 5.75 Å². The molecule has 1 fully saturated rings. The number of benzene rings is 4. The zero-order chi connectivity index (χ0) is 78.2. The van der Waals surface area contributed by atoms with Crippen LogP contribution in [0.5, 0.6) is 5.75 Å². The van der Waals surface area contributed by atoms with Crippen LogP contribution in [0.4, 0.5) is 4.39 Å². The van der Waals surface area contributed by atoms with Crippen LogP contribution in [-0.2, 0) is 112 Å². The molecular formula is C77H100FN15O16. The highest BCUT2D eigenvalue weighted by Gasteiger charge is 2.48. The van der Waals surface area contributed by atoms with Gasteiger partial charge in [0, 0.05) is 95.0 Å². The van der Waals surface area contributed by atoms with Crippen molar-refractivity contribution in [3.05, 3.63) is 148 Å². The molecule has 4 aromatic carbocycles. The van der Waals surface area contributed by atoms with E-state index < -0.39 is 144 Å². The van der Waals surface area contributed by atoms with Crippen LogP contribution in [0.3, 0.4) is 0 Å². The van der Waals surface area contributed by atoms with Crippen molar-refractivity contribution in [3.63, 3.8) is 0 Å². The average molecular weight is 1510 g/mol. The first kappa shape index (κ1) is 82.4. The van der Waals surface area contributed by atoms with Crippen molar-refractivity contribution in [2.45, 2.75) is 179 Å². The number of carbonyl (C=O) groups is 11. The number of amides is 11. The normalized spacial score (nSPS) is 23.0. The number of methoxy groups -OCH3 is 1. The Morgan fingerprint density at radius 2 is 1.45 bits per heavy atom. The number of nitrogens with one attached hydrogen (secondary N) is 10. The zero-order valence-electron chi connectivity index (χ0n) is 62.4. The molecule has 109 heavy (non-hydrogen) atoms. The third-order valence-corrected chi connectivity index (χ3v) is 19.3. The Morgan fingerprint density at radius 3 is 2.20 bits per heavy atom. The standard InChI is InChI=1S/C77H100FN15O16/c1-7-31-107-33-34-108-32-26-66(96)82-42-64-72(101)83-48(3)70(99)85-61-37-53-10-8-11-54(35-53)43-92-44-57(89-90-92)46-109-47(2)25-30-91(74(103)63(86-71(61)100)38-55-41-80-60-21-18-56(78)39-59(55)60)45-68(98)88-69(49(4)94)73(102)87-62(36-51-16-19-58(106-6)20-17-51)75(104)93-29-9-27-77(93,5)76(105)79-28-24-50-12-14-52(15-13-50)40-81-65(95)22-23-67(97)84-64/h8,10-21,35,39,41,44,47-49,61-64,69,80,94H,7,9,22-34,36-38,40,42-43,45-46H2,1-6H3,(H,79,105)(H,81,95)(H,82,96)(H,83,101)(H,84,97)(H,85,99)(H,86,100)(H,87,102)(H,88,98)/t47-,48-,49+,61+,62+,63+,64+,69+,77+/m1/s1. The fourth-order valence-corrected chi connectivity index (χ4v) is 13.1. The van der Waals surface area contributed by atoms with Crippen LogP contribution in [0.1, 0.15) is 119 Å². The van der Waals surface area contributed by atoms with E-state index in [2.05, 4.69) is 63.1 Å². The molecule has 586 valence electrons. The van der Waals surface area contributed by atoms with Gasteiger partial charge in [0.2, 0.25) is 65.0 Å². The van der Waals surface area contributed by atoms with Crippen LogP contribution in [0, 0.1) is 5.82 Å². The van der Waals surface area contributed by atoms with E-state index in [4.69, 9.17) is 18.9 Å². The molecule has 11 amide bonds. The van der Waals surface area contributed by atoms with Gasteiger partial charge in [0.15, 0.2) is 0 Å². The number of H-pyrrole nitrogens is 1. The Morgan fingerprint density at radius 1 is 0.725 bits per heavy atom. The quantitative estimate of drug-likeness (QED) is 0.0483. The second-order valence-corrected chi connectivity index (χ2v) is 27.9. The second kappa shape index (κ2) is 39.9. The van der Waals surface area contributed by atoms with E-state index in [0.29, 0.717) is 76.2 Å². The molecule has 6 aromatic rings. The number of carbonyl (C=O) groups excluding carboxylic acids is 11. The van der Waals surface area contributed by atoms with E-state index in [0.717, 1.165) is 16.9 Å². The van der Waals surface area contributed by atoms with Crippen LogP contribution >= 0.6 is 0 Å². The number of hydrogen-bond donors (Lipinski definition) is 11. The molecule has 31 nitrogen and oxygen atoms in total. The van der Waals surface area contributed by atoms with Gasteiger partial charge >= 0.3 is 0 Å². The number of rotatable bonds is 16. The first-order valence-electron chi connectivity index (χ1n) is 37.0. The van der Waals surface area contributed by atoms with Gasteiger partial charge in [0.05, 0.1) is 65.0 Å². The molecule has 0 spiro atoms. The molecule has 0 unspecified atom stereocenters. The lowest BCUT2D eigenvalue weighted by atomic mass is 9.95. The van der Waals surface area contributed by atoms with Gasteiger partial charge in [-0.25, -0.2) is 9.07 Å². The minimum atomic E-state index is -1.77. The largest absolute Gasteiger partial charge is 0.497 e. The minimum absolute atomic E-state index is 0.00864. The topological polar surface area (TPSA) is 406 Å². The number of aliphatic hydroxyl groups is 1. The van der Waals surface area contributed by atoms with Crippen molar-refractivity contribution in [2.24, 2.45) is 0 Å². The molecule has 4 aliphatic heterocycles. The first-order valence-corrected chi connectivity index (χ1v) is 37.0. The van der Waals surface area contributed by atoms with Crippen LogP contribution in [0.25, 0.3) is 10.9 Å². The number of nitrogens with zero attached hydrogens (tertiary/aromatic N) is 5. The summed E-state index contributed by atoms with van der Waals surface area (Å²) in [6.45, 7) is 8.06. The van der Waals surface area contributed by atoms with E-state index >= 15 is 18.8 Å². The van der Waals surface area contributed by atoms with Crippen molar-refractivity contribution < 1.29 is 81.2 Å². The Bertz CT molecular complexity index is 4150. The van der Waals surface area contributed by atoms with Crippen LogP contribution in [0.2, 0.25) is 0 Å². The zero-order valence-corrected chi connectivity index (χ0v) is 62.4. The van der Waals surface area contributed by atoms with Gasteiger partial charge in [-0.3, -0.25) is 52.7 Å². The molecule has 32 heteroatoms. The Hall–Kier alpha value is -10.7. The summed E-state index contributed by atoms with van der Waals surface area (Å²) in [5, 5.41) is 44.9. The molecule has 1 saturated heterocycles. The van der Waals surface area contributed by atoms with Gasteiger partial charge in [-0.05, 0) is 124 Å². The number of aromatic nitrogens is 4. The summed E-state index contributed by atoms with van der Waals surface area (Å²) >= 11 is 0. The Balaban J connectivity index is 1.06. The number of aliphatic hydroxyl groups excluding tert-OH is 1. The average Bonchev–Trinajstić information content (AvgIpc) is 1.70. The van der Waals surface area contributed by atoms with Crippen LogP contribution in [0.15, 0.2) is 103 Å². The lowest BCUT2D eigenvalue weighted by Gasteiger charge is -2.37. The van der Waals surface area contributed by atoms with Crippen molar-refractivity contribution in [1.29, 1.82) is 0 Å². The van der Waals surface area contributed by atoms with Gasteiger partial charge in [-0.2, -0.15) is 0 Å². The molecule has 4 aliphatic rings. The highest BCUT2D eigenvalue weighted by Crippen LogP contribution is 2.31. The van der Waals surface area contributed by atoms with Crippen LogP contribution < -0.4 is 52.6 Å². The molecule has 11 N–H and O–H groups in total. The Kier molecular flexibility index (Phi) is 30.2. The SMILES string of the molecule is CCCOCCOCCC(=O)NC[C@@H]1NC(=O)CCC(=O)NCc2ccc(cc2)CCNC(=O)[C@]2(C)CCCN2C(=O)[C@H](Cc2ccc(OC)cc2)NC(=O)[C@H]([C@H](C)O)NC(=O)CN2CC[C@@H](C)OCc3cn(nn3)Cc3cccc(c3)C[C@H](NC(=O)[C@@H](C)NC1=O)C(=O)N[C@@H](Cc1c[nH]c3ccc(F)cc13)C2=O. The number of hydrogen-bond acceptors (Lipinski definition) is 18. The third-order valence-electron chi connectivity index (χ3n) is 19.3. The van der Waals surface area contributed by atoms with Gasteiger partial charge in [0.1, 0.15) is 59.1 Å². The highest BCUT2D eigenvalue weighted by atomic mass is 19.1. The summed E-state index contributed by atoms with van der Waals surface area (Å²) in [4.78, 5) is 166. The van der Waals surface area contributed by atoms with Gasteiger partial charge < -0.3 is 86.7 Å². The second-order valence-electron chi connectivity index (χ2n) is 27.9. The van der Waals surface area contributed by atoms with Crippen LogP contribution in [-0.4, -0.2) is 220 Å². The van der Waals surface area contributed by atoms with Gasteiger partial charge in [0.25, 0.3) is 0 Å². The lowest BCUT2D eigenvalue weighted by Crippen LogP contribution is -2.62. The molecule has 10 rings (SSSR count). The minimum Gasteiger partial charge on any atom is -0.497 e. The molecule has 8 bridgehead atoms. The number of aromatic amines is 1. The Labute approximate surface area is 631 Å². The maximum Gasteiger partial charge on any atom is 0.246 e. The van der Waals surface area contributed by atoms with Crippen molar-refractivity contribution in [2.75, 3.05) is 66.3 Å². The summed E-state index contributed by atoms with van der Waals surface area (Å²) in [6, 6.07) is 15.7. The summed E-state index contributed by atoms with van der Waals surface area (Å²) in [5.41, 5.74) is 3.24. The summed E-state index contributed by atoms with van der Waals surface area (Å²) < 4.78 is 39.4. The predicted molar refractivity (Wildman–Crippen MR) is 395 cm³/mol. The highest BCUT2D eigenvalue weighted by molar-refractivity contribution is 5.99. The van der Waals surface area contributed by atoms with E-state index in [9.17, 15) is 43.5 Å². The fraction of sp³-hybridized carbons (Fsp3) is 0.494. The maximum absolute atomic E-state index is 15.8. The van der Waals surface area contributed by atoms with E-state index in [1.54, 1.807) is 79.3 Å². The van der Waals surface area contributed by atoms with Crippen molar-refractivity contribution in [1.82, 2.24) is 77.6 Å². The number of fused-ring (bicyclic) bond motifs is 29. The van der Waals surface area contributed by atoms with Gasteiger partial charge in [-0.1, -0.05) is 72.8 Å². The third kappa shape index (κ3) is 24.1. The fourth-order valence-electron chi connectivity index (χ4n) is 13.1. The number of ether oxygens (including phenoxy) is 4. The van der Waals surface area contributed by atoms with E-state index in [1.807, 2.05) is 25.1 Å². The molecule has 6 heterocycles. The molecule has 0 aliphatic carbocycles. The molecule has 0 saturated carbocycles. The first-order chi connectivity index (χ1) is 52.3. The lowest BCUT2D eigenvalue weighted by molar-refractivity contribution is -0.147. The molecule has 0 radical (unpaired) electrons. The summed E-state index contributed by atoms with van der Waals surface area (Å²) in [7, 11) is 1.49. The number of halogens is 1. The smallest absolute Gasteiger partial charge is 0.246 e. The maximum atomic E-state index is 15.8. The van der Waals surface area contributed by atoms with E-state index in [1.165, 1.54) is 50.3 Å². The summed E-state index contributed by atoms with van der Waals surface area (Å²) in [5.74, 6) is -8.60. The molecule has 2 aromatic heterocycles. The monoisotopic (exact) mass is 1510 g/mol. The van der Waals surface area contributed by atoms with E-state index in [-0.39, 0.29) is 97.5 Å². The molecular weight excluding hydrogens is 1410 g/mol. The van der Waals surface area contributed by atoms with Crippen molar-refractivity contribution >= 4 is 75.9 Å².